The molecule has 1 aliphatic carbocycles. The van der Waals surface area contributed by atoms with Crippen LogP contribution in [0.5, 0.6) is 0 Å². The number of allylic oxidation sites excluding steroid dienone is 5. The molecule has 0 bridgehead atoms. The Morgan fingerprint density at radius 3 is 2.40 bits per heavy atom. The normalized spacial score (nSPS) is 19.6. The number of rotatable bonds is 6. The molecule has 0 amide bonds. The highest BCUT2D eigenvalue weighted by atomic mass is 14.9. The summed E-state index contributed by atoms with van der Waals surface area (Å²) in [5.74, 6) is 0.346. The van der Waals surface area contributed by atoms with Crippen LogP contribution in [0, 0.1) is 5.92 Å². The van der Waals surface area contributed by atoms with Crippen molar-refractivity contribution in [1.82, 2.24) is 5.32 Å². The van der Waals surface area contributed by atoms with E-state index in [4.69, 9.17) is 0 Å². The van der Waals surface area contributed by atoms with E-state index in [2.05, 4.69) is 49.0 Å². The van der Waals surface area contributed by atoms with Gasteiger partial charge in [0.15, 0.2) is 0 Å². The van der Waals surface area contributed by atoms with Crippen molar-refractivity contribution in [3.8, 4) is 0 Å². The molecule has 0 saturated carbocycles. The molecule has 110 valence electrons. The second-order valence-electron chi connectivity index (χ2n) is 5.40. The third-order valence-electron chi connectivity index (χ3n) is 4.04. The average Bonchev–Trinajstić information content (AvgIpc) is 2.50. The van der Waals surface area contributed by atoms with E-state index in [0.29, 0.717) is 12.0 Å². The average molecular weight is 272 g/mol. The summed E-state index contributed by atoms with van der Waals surface area (Å²) >= 11 is 0. The predicted molar refractivity (Wildman–Crippen MR) is 90.4 cm³/mol. The molecule has 2 nitrogen and oxygen atoms in total. The zero-order valence-electron chi connectivity index (χ0n) is 13.5. The zero-order chi connectivity index (χ0) is 15.1. The molecule has 0 spiro atoms. The Labute approximate surface area is 124 Å². The van der Waals surface area contributed by atoms with E-state index in [1.807, 2.05) is 27.1 Å². The van der Waals surface area contributed by atoms with Crippen LogP contribution in [-0.2, 0) is 0 Å². The van der Waals surface area contributed by atoms with Gasteiger partial charge in [-0.2, -0.15) is 0 Å². The summed E-state index contributed by atoms with van der Waals surface area (Å²) in [6.45, 7) is 10.7. The second kappa shape index (κ2) is 8.01. The van der Waals surface area contributed by atoms with E-state index in [1.165, 1.54) is 11.1 Å². The number of nitrogens with zero attached hydrogens (tertiary/aromatic N) is 1. The molecular formula is C18H28N2. The van der Waals surface area contributed by atoms with Gasteiger partial charge in [-0.25, -0.2) is 0 Å². The van der Waals surface area contributed by atoms with Crippen molar-refractivity contribution in [2.24, 2.45) is 10.9 Å². The van der Waals surface area contributed by atoms with Gasteiger partial charge in [0.05, 0.1) is 0 Å². The Bertz CT molecular complexity index is 464. The molecule has 2 heteroatoms. The minimum Gasteiger partial charge on any atom is -0.313 e. The molecule has 2 atom stereocenters. The predicted octanol–water partition coefficient (Wildman–Crippen LogP) is 4.08. The van der Waals surface area contributed by atoms with E-state index < -0.39 is 0 Å². The Morgan fingerprint density at radius 1 is 1.25 bits per heavy atom. The summed E-state index contributed by atoms with van der Waals surface area (Å²) in [6, 6.07) is 0.389. The van der Waals surface area contributed by atoms with Crippen molar-refractivity contribution >= 4 is 5.71 Å². The molecule has 0 aromatic heterocycles. The number of nitrogens with one attached hydrogen (secondary N) is 1. The fourth-order valence-corrected chi connectivity index (χ4v) is 2.37. The Balaban J connectivity index is 2.87. The molecule has 1 N–H and O–H groups in total. The van der Waals surface area contributed by atoms with Crippen molar-refractivity contribution in [2.45, 2.75) is 39.7 Å². The third kappa shape index (κ3) is 4.31. The van der Waals surface area contributed by atoms with Crippen molar-refractivity contribution in [3.05, 3.63) is 47.6 Å². The monoisotopic (exact) mass is 272 g/mol. The largest absolute Gasteiger partial charge is 0.313 e. The zero-order valence-corrected chi connectivity index (χ0v) is 13.5. The number of hydrogen-bond donors (Lipinski definition) is 1. The van der Waals surface area contributed by atoms with Crippen molar-refractivity contribution in [1.29, 1.82) is 0 Å². The molecule has 0 aromatic carbocycles. The Morgan fingerprint density at radius 2 is 1.85 bits per heavy atom. The molecule has 0 fully saturated rings. The van der Waals surface area contributed by atoms with Gasteiger partial charge in [0.2, 0.25) is 0 Å². The van der Waals surface area contributed by atoms with Crippen molar-refractivity contribution in [2.75, 3.05) is 14.1 Å². The fourth-order valence-electron chi connectivity index (χ4n) is 2.37. The van der Waals surface area contributed by atoms with Gasteiger partial charge in [0, 0.05) is 24.7 Å². The minimum absolute atomic E-state index is 0.346. The maximum absolute atomic E-state index is 4.23. The highest BCUT2D eigenvalue weighted by molar-refractivity contribution is 5.93. The summed E-state index contributed by atoms with van der Waals surface area (Å²) in [5.41, 5.74) is 4.99. The SMILES string of the molecule is C=C(/C=C\C(C)=NC)C(C)C1=CCCC=C1C(C)NC. The molecule has 1 aliphatic rings. The quantitative estimate of drug-likeness (QED) is 0.572. The smallest absolute Gasteiger partial charge is 0.0313 e. The maximum atomic E-state index is 4.23. The van der Waals surface area contributed by atoms with Crippen LogP contribution in [0.15, 0.2) is 52.6 Å². The van der Waals surface area contributed by atoms with Gasteiger partial charge < -0.3 is 5.32 Å². The summed E-state index contributed by atoms with van der Waals surface area (Å²) in [7, 11) is 3.82. The molecule has 0 heterocycles. The highest BCUT2D eigenvalue weighted by Gasteiger charge is 2.20. The van der Waals surface area contributed by atoms with Crippen LogP contribution in [0.1, 0.15) is 33.6 Å². The van der Waals surface area contributed by atoms with Crippen LogP contribution >= 0.6 is 0 Å². The van der Waals surface area contributed by atoms with Crippen LogP contribution in [-0.4, -0.2) is 25.8 Å². The molecular weight excluding hydrogens is 244 g/mol. The lowest BCUT2D eigenvalue weighted by Gasteiger charge is -2.26. The molecule has 0 aliphatic heterocycles. The third-order valence-corrected chi connectivity index (χ3v) is 4.04. The molecule has 0 aromatic rings. The molecule has 0 radical (unpaired) electrons. The van der Waals surface area contributed by atoms with E-state index in [0.717, 1.165) is 24.1 Å². The first-order valence-corrected chi connectivity index (χ1v) is 7.39. The summed E-state index contributed by atoms with van der Waals surface area (Å²) in [4.78, 5) is 4.14. The van der Waals surface area contributed by atoms with E-state index >= 15 is 0 Å². The van der Waals surface area contributed by atoms with Crippen molar-refractivity contribution in [3.63, 3.8) is 0 Å². The second-order valence-corrected chi connectivity index (χ2v) is 5.40. The molecule has 1 rings (SSSR count). The highest BCUT2D eigenvalue weighted by Crippen LogP contribution is 2.31. The van der Waals surface area contributed by atoms with E-state index in [9.17, 15) is 0 Å². The minimum atomic E-state index is 0.346. The van der Waals surface area contributed by atoms with E-state index in [1.54, 1.807) is 0 Å². The first-order chi connectivity index (χ1) is 9.51. The summed E-state index contributed by atoms with van der Waals surface area (Å²) in [6.07, 6.45) is 11.1. The van der Waals surface area contributed by atoms with Crippen molar-refractivity contribution < 1.29 is 0 Å². The first-order valence-electron chi connectivity index (χ1n) is 7.39. The van der Waals surface area contributed by atoms with Crippen LogP contribution in [0.3, 0.4) is 0 Å². The summed E-state index contributed by atoms with van der Waals surface area (Å²) < 4.78 is 0. The van der Waals surface area contributed by atoms with Gasteiger partial charge in [-0.3, -0.25) is 4.99 Å². The molecule has 0 saturated heterocycles. The number of likely N-dealkylation sites (N-methyl/N-ethyl adjacent to an activating group) is 1. The standard InChI is InChI=1S/C18H28N2/c1-13(11-12-14(2)19-5)15(3)17-9-7-8-10-18(17)16(4)20-6/h9-12,15-16,20H,1,7-8H2,2-6H3/b12-11-,19-14?. The van der Waals surface area contributed by atoms with Gasteiger partial charge in [-0.05, 0) is 56.5 Å². The first kappa shape index (κ1) is 16.6. The lowest BCUT2D eigenvalue weighted by molar-refractivity contribution is 0.662. The lowest BCUT2D eigenvalue weighted by atomic mass is 9.82. The fraction of sp³-hybridized carbons (Fsp3) is 0.500. The number of hydrogen-bond acceptors (Lipinski definition) is 2. The number of aliphatic imine (C=N–C) groups is 1. The Kier molecular flexibility index (Phi) is 6.66. The maximum Gasteiger partial charge on any atom is 0.0313 e. The van der Waals surface area contributed by atoms with Gasteiger partial charge in [-0.15, -0.1) is 0 Å². The van der Waals surface area contributed by atoms with Crippen LogP contribution in [0.25, 0.3) is 0 Å². The van der Waals surface area contributed by atoms with Crippen LogP contribution < -0.4 is 5.32 Å². The Hall–Kier alpha value is -1.41. The van der Waals surface area contributed by atoms with Crippen LogP contribution in [0.2, 0.25) is 0 Å². The van der Waals surface area contributed by atoms with Gasteiger partial charge >= 0.3 is 0 Å². The van der Waals surface area contributed by atoms with Gasteiger partial charge in [0.25, 0.3) is 0 Å². The van der Waals surface area contributed by atoms with Gasteiger partial charge in [0.1, 0.15) is 0 Å². The molecule has 2 unspecified atom stereocenters. The lowest BCUT2D eigenvalue weighted by Crippen LogP contribution is -2.27. The topological polar surface area (TPSA) is 24.4 Å². The summed E-state index contributed by atoms with van der Waals surface area (Å²) in [5, 5.41) is 3.34. The van der Waals surface area contributed by atoms with Gasteiger partial charge in [-0.1, -0.05) is 31.7 Å². The molecule has 20 heavy (non-hydrogen) atoms. The van der Waals surface area contributed by atoms with Crippen LogP contribution in [0.4, 0.5) is 0 Å². The van der Waals surface area contributed by atoms with E-state index in [-0.39, 0.29) is 0 Å².